The fourth-order valence-electron chi connectivity index (χ4n) is 3.00. The quantitative estimate of drug-likeness (QED) is 0.698. The number of amides is 1. The number of aliphatic carboxylic acids is 1. The number of carboxylic acids is 1. The van der Waals surface area contributed by atoms with Gasteiger partial charge in [-0.15, -0.1) is 0 Å². The summed E-state index contributed by atoms with van der Waals surface area (Å²) >= 11 is 0. The van der Waals surface area contributed by atoms with Crippen molar-refractivity contribution in [3.05, 3.63) is 0 Å². The lowest BCUT2D eigenvalue weighted by molar-refractivity contribution is -0.138. The van der Waals surface area contributed by atoms with Crippen molar-refractivity contribution < 1.29 is 27.9 Å². The van der Waals surface area contributed by atoms with E-state index in [0.29, 0.717) is 12.8 Å². The SMILES string of the molecule is CC(C)(C)OC(=O)N(CCNS(C)(=O)=O)[C@H]1CC[C@H](CC(=O)O)CC1. The number of sulfonamides is 1. The van der Waals surface area contributed by atoms with Gasteiger partial charge in [0, 0.05) is 25.6 Å². The first-order valence-electron chi connectivity index (χ1n) is 8.53. The number of hydrogen-bond acceptors (Lipinski definition) is 5. The predicted octanol–water partition coefficient (Wildman–Crippen LogP) is 1.81. The second-order valence-corrected chi connectivity index (χ2v) is 9.45. The van der Waals surface area contributed by atoms with Gasteiger partial charge in [0.2, 0.25) is 10.0 Å². The van der Waals surface area contributed by atoms with E-state index in [2.05, 4.69) is 4.72 Å². The summed E-state index contributed by atoms with van der Waals surface area (Å²) in [6.45, 7) is 5.67. The highest BCUT2D eigenvalue weighted by Gasteiger charge is 2.32. The molecule has 0 spiro atoms. The van der Waals surface area contributed by atoms with Crippen LogP contribution in [0.15, 0.2) is 0 Å². The summed E-state index contributed by atoms with van der Waals surface area (Å²) in [6, 6.07) is -0.0683. The summed E-state index contributed by atoms with van der Waals surface area (Å²) in [5, 5.41) is 8.90. The third-order valence-corrected chi connectivity index (χ3v) is 4.79. The molecule has 0 aromatic heterocycles. The van der Waals surface area contributed by atoms with Gasteiger partial charge in [-0.1, -0.05) is 0 Å². The first kappa shape index (κ1) is 21.7. The molecule has 146 valence electrons. The number of hydrogen-bond donors (Lipinski definition) is 2. The monoisotopic (exact) mass is 378 g/mol. The van der Waals surface area contributed by atoms with E-state index in [1.165, 1.54) is 0 Å². The van der Waals surface area contributed by atoms with Crippen LogP contribution in [-0.4, -0.2) is 61.5 Å². The molecule has 1 aliphatic carbocycles. The number of ether oxygens (including phenoxy) is 1. The molecule has 9 heteroatoms. The molecule has 2 N–H and O–H groups in total. The van der Waals surface area contributed by atoms with Crippen molar-refractivity contribution in [1.82, 2.24) is 9.62 Å². The maximum atomic E-state index is 12.5. The van der Waals surface area contributed by atoms with Gasteiger partial charge in [-0.25, -0.2) is 17.9 Å². The third kappa shape index (κ3) is 9.06. The Morgan fingerprint density at radius 1 is 1.20 bits per heavy atom. The Bertz CT molecular complexity index is 562. The van der Waals surface area contributed by atoms with Gasteiger partial charge in [-0.3, -0.25) is 4.79 Å². The summed E-state index contributed by atoms with van der Waals surface area (Å²) in [7, 11) is -3.33. The number of rotatable bonds is 7. The summed E-state index contributed by atoms with van der Waals surface area (Å²) in [4.78, 5) is 24.9. The van der Waals surface area contributed by atoms with E-state index >= 15 is 0 Å². The van der Waals surface area contributed by atoms with Crippen LogP contribution in [0, 0.1) is 5.92 Å². The Morgan fingerprint density at radius 3 is 2.20 bits per heavy atom. The van der Waals surface area contributed by atoms with Gasteiger partial charge in [0.15, 0.2) is 0 Å². The van der Waals surface area contributed by atoms with Gasteiger partial charge in [0.25, 0.3) is 0 Å². The van der Waals surface area contributed by atoms with Crippen molar-refractivity contribution in [3.63, 3.8) is 0 Å². The Hall–Kier alpha value is -1.35. The topological polar surface area (TPSA) is 113 Å². The van der Waals surface area contributed by atoms with Gasteiger partial charge in [0.1, 0.15) is 5.60 Å². The Kier molecular flexibility index (Phi) is 7.67. The molecule has 0 aromatic rings. The lowest BCUT2D eigenvalue weighted by atomic mass is 9.83. The highest BCUT2D eigenvalue weighted by atomic mass is 32.2. The molecule has 0 aliphatic heterocycles. The average molecular weight is 378 g/mol. The molecule has 25 heavy (non-hydrogen) atoms. The Morgan fingerprint density at radius 2 is 1.76 bits per heavy atom. The fraction of sp³-hybridized carbons (Fsp3) is 0.875. The normalized spacial score (nSPS) is 21.6. The van der Waals surface area contributed by atoms with Gasteiger partial charge < -0.3 is 14.7 Å². The third-order valence-electron chi connectivity index (χ3n) is 4.07. The van der Waals surface area contributed by atoms with Gasteiger partial charge >= 0.3 is 12.1 Å². The first-order valence-corrected chi connectivity index (χ1v) is 10.4. The summed E-state index contributed by atoms with van der Waals surface area (Å²) in [6.07, 6.45) is 3.60. The number of nitrogens with zero attached hydrogens (tertiary/aromatic N) is 1. The van der Waals surface area contributed by atoms with Crippen molar-refractivity contribution in [2.45, 2.75) is 64.5 Å². The fourth-order valence-corrected chi connectivity index (χ4v) is 3.46. The minimum atomic E-state index is -3.33. The van der Waals surface area contributed by atoms with Crippen LogP contribution in [0.3, 0.4) is 0 Å². The molecule has 0 atom stereocenters. The molecular formula is C16H30N2O6S. The van der Waals surface area contributed by atoms with Crippen molar-refractivity contribution in [3.8, 4) is 0 Å². The number of nitrogens with one attached hydrogen (secondary N) is 1. The zero-order valence-electron chi connectivity index (χ0n) is 15.4. The molecule has 0 aromatic carbocycles. The molecule has 0 saturated heterocycles. The maximum Gasteiger partial charge on any atom is 0.410 e. The van der Waals surface area contributed by atoms with Gasteiger partial charge in [-0.05, 0) is 52.4 Å². The van der Waals surface area contributed by atoms with Crippen molar-refractivity contribution in [1.29, 1.82) is 0 Å². The number of carbonyl (C=O) groups is 2. The molecule has 1 aliphatic rings. The van der Waals surface area contributed by atoms with Crippen molar-refractivity contribution in [2.75, 3.05) is 19.3 Å². The van der Waals surface area contributed by atoms with Crippen LogP contribution in [0.4, 0.5) is 4.79 Å². The molecule has 1 saturated carbocycles. The van der Waals surface area contributed by atoms with Crippen molar-refractivity contribution >= 4 is 22.1 Å². The van der Waals surface area contributed by atoms with Crippen LogP contribution in [-0.2, 0) is 19.6 Å². The lowest BCUT2D eigenvalue weighted by Crippen LogP contribution is -2.48. The van der Waals surface area contributed by atoms with Crippen molar-refractivity contribution in [2.24, 2.45) is 5.92 Å². The molecule has 0 unspecified atom stereocenters. The van der Waals surface area contributed by atoms with E-state index < -0.39 is 27.7 Å². The van der Waals surface area contributed by atoms with E-state index in [4.69, 9.17) is 9.84 Å². The van der Waals surface area contributed by atoms with Crippen LogP contribution < -0.4 is 4.72 Å². The summed E-state index contributed by atoms with van der Waals surface area (Å²) < 4.78 is 30.3. The minimum Gasteiger partial charge on any atom is -0.481 e. The molecule has 0 radical (unpaired) electrons. The van der Waals surface area contributed by atoms with E-state index in [-0.39, 0.29) is 31.5 Å². The second-order valence-electron chi connectivity index (χ2n) is 7.61. The highest BCUT2D eigenvalue weighted by molar-refractivity contribution is 7.88. The van der Waals surface area contributed by atoms with Crippen LogP contribution in [0.2, 0.25) is 0 Å². The van der Waals surface area contributed by atoms with Crippen LogP contribution in [0.1, 0.15) is 52.9 Å². The minimum absolute atomic E-state index is 0.0683. The average Bonchev–Trinajstić information content (AvgIpc) is 2.41. The molecule has 8 nitrogen and oxygen atoms in total. The highest BCUT2D eigenvalue weighted by Crippen LogP contribution is 2.30. The van der Waals surface area contributed by atoms with Gasteiger partial charge in [-0.2, -0.15) is 0 Å². The van der Waals surface area contributed by atoms with E-state index in [1.807, 2.05) is 0 Å². The molecule has 0 bridgehead atoms. The molecular weight excluding hydrogens is 348 g/mol. The second kappa shape index (κ2) is 8.84. The maximum absolute atomic E-state index is 12.5. The van der Waals surface area contributed by atoms with Gasteiger partial charge in [0.05, 0.1) is 6.26 Å². The first-order chi connectivity index (χ1) is 11.4. The van der Waals surface area contributed by atoms with E-state index in [9.17, 15) is 18.0 Å². The lowest BCUT2D eigenvalue weighted by Gasteiger charge is -2.37. The van der Waals surface area contributed by atoms with Crippen LogP contribution >= 0.6 is 0 Å². The predicted molar refractivity (Wildman–Crippen MR) is 93.8 cm³/mol. The Balaban J connectivity index is 2.70. The standard InChI is InChI=1S/C16H30N2O6S/c1-16(2,3)24-15(21)18(10-9-17-25(4,22)23)13-7-5-12(6-8-13)11-14(19)20/h12-13,17H,5-11H2,1-4H3,(H,19,20)/t12-,13-. The zero-order valence-corrected chi connectivity index (χ0v) is 16.3. The van der Waals surface area contributed by atoms with E-state index in [0.717, 1.165) is 19.1 Å². The molecule has 1 fully saturated rings. The zero-order chi connectivity index (χ0) is 19.3. The molecule has 0 heterocycles. The number of carbonyl (C=O) groups excluding carboxylic acids is 1. The van der Waals surface area contributed by atoms with E-state index in [1.54, 1.807) is 25.7 Å². The molecule has 1 amide bonds. The smallest absolute Gasteiger partial charge is 0.410 e. The number of carboxylic acid groups (broad SMARTS) is 1. The largest absolute Gasteiger partial charge is 0.481 e. The molecule has 1 rings (SSSR count). The van der Waals surface area contributed by atoms with Crippen LogP contribution in [0.25, 0.3) is 0 Å². The summed E-state index contributed by atoms with van der Waals surface area (Å²) in [5.41, 5.74) is -0.639. The van der Waals surface area contributed by atoms with Crippen LogP contribution in [0.5, 0.6) is 0 Å². The Labute approximate surface area is 150 Å². The summed E-state index contributed by atoms with van der Waals surface area (Å²) in [5.74, 6) is -0.673.